The van der Waals surface area contributed by atoms with Crippen molar-refractivity contribution in [2.24, 2.45) is 5.92 Å². The Kier molecular flexibility index (Phi) is 8.59. The van der Waals surface area contributed by atoms with E-state index in [4.69, 9.17) is 25.4 Å². The van der Waals surface area contributed by atoms with E-state index < -0.39 is 5.60 Å². The van der Waals surface area contributed by atoms with Crippen LogP contribution in [0.5, 0.6) is 11.5 Å². The van der Waals surface area contributed by atoms with E-state index >= 15 is 0 Å². The molecule has 188 valence electrons. The number of benzene rings is 2. The van der Waals surface area contributed by atoms with Gasteiger partial charge in [-0.15, -0.1) is 6.42 Å². The average Bonchev–Trinajstić information content (AvgIpc) is 2.87. The molecule has 0 spiro atoms. The summed E-state index contributed by atoms with van der Waals surface area (Å²) < 4.78 is 24.4. The zero-order valence-corrected chi connectivity index (χ0v) is 21.3. The van der Waals surface area contributed by atoms with Crippen molar-refractivity contribution in [1.29, 1.82) is 0 Å². The van der Waals surface area contributed by atoms with Crippen molar-refractivity contribution in [3.8, 4) is 23.8 Å². The second kappa shape index (κ2) is 11.8. The van der Waals surface area contributed by atoms with E-state index in [9.17, 15) is 0 Å². The van der Waals surface area contributed by atoms with Gasteiger partial charge in [-0.1, -0.05) is 50.2 Å². The molecule has 1 heterocycles. The highest BCUT2D eigenvalue weighted by atomic mass is 16.6. The summed E-state index contributed by atoms with van der Waals surface area (Å²) in [5, 5.41) is 3.53. The maximum Gasteiger partial charge on any atom is 0.132 e. The molecule has 0 bridgehead atoms. The molecule has 5 nitrogen and oxygen atoms in total. The minimum absolute atomic E-state index is 0.227. The Bertz CT molecular complexity index is 988. The number of terminal acetylenes is 1. The third-order valence-corrected chi connectivity index (χ3v) is 7.20. The number of hydrogen-bond donors (Lipinski definition) is 1. The zero-order chi connectivity index (χ0) is 24.7. The average molecular weight is 478 g/mol. The van der Waals surface area contributed by atoms with Crippen LogP contribution in [0.2, 0.25) is 0 Å². The number of ether oxygens (including phenoxy) is 4. The van der Waals surface area contributed by atoms with Crippen molar-refractivity contribution >= 4 is 5.69 Å². The molecule has 1 aliphatic carbocycles. The van der Waals surface area contributed by atoms with Crippen molar-refractivity contribution in [2.45, 2.75) is 76.7 Å². The van der Waals surface area contributed by atoms with Crippen LogP contribution in [0.3, 0.4) is 0 Å². The van der Waals surface area contributed by atoms with E-state index in [1.165, 1.54) is 37.7 Å². The third kappa shape index (κ3) is 6.51. The van der Waals surface area contributed by atoms with Gasteiger partial charge in [-0.2, -0.15) is 0 Å². The van der Waals surface area contributed by atoms with Gasteiger partial charge in [-0.3, -0.25) is 0 Å². The van der Waals surface area contributed by atoms with E-state index in [-0.39, 0.29) is 18.8 Å². The minimum atomic E-state index is -0.558. The summed E-state index contributed by atoms with van der Waals surface area (Å²) >= 11 is 0. The fraction of sp³-hybridized carbons (Fsp3) is 0.533. The molecule has 1 N–H and O–H groups in total. The summed E-state index contributed by atoms with van der Waals surface area (Å²) in [5.74, 6) is 5.07. The van der Waals surface area contributed by atoms with E-state index in [0.717, 1.165) is 35.1 Å². The van der Waals surface area contributed by atoms with Gasteiger partial charge in [0.25, 0.3) is 0 Å². The predicted molar refractivity (Wildman–Crippen MR) is 140 cm³/mol. The topological polar surface area (TPSA) is 49.0 Å². The molecule has 35 heavy (non-hydrogen) atoms. The van der Waals surface area contributed by atoms with Gasteiger partial charge in [-0.05, 0) is 62.1 Å². The lowest BCUT2D eigenvalue weighted by molar-refractivity contribution is -0.157. The van der Waals surface area contributed by atoms with Gasteiger partial charge in [0.05, 0.1) is 7.11 Å². The molecular formula is C30H39NO4. The minimum Gasteiger partial charge on any atom is -0.497 e. The predicted octanol–water partition coefficient (Wildman–Crippen LogP) is 6.52. The Hall–Kier alpha value is -2.68. The molecule has 2 aliphatic rings. The van der Waals surface area contributed by atoms with Crippen molar-refractivity contribution < 1.29 is 18.9 Å². The Morgan fingerprint density at radius 3 is 2.54 bits per heavy atom. The van der Waals surface area contributed by atoms with Gasteiger partial charge in [-0.25, -0.2) is 0 Å². The molecule has 1 fully saturated rings. The number of nitrogens with one attached hydrogen (secondary N) is 1. The molecule has 5 heteroatoms. The Labute approximate surface area is 210 Å². The summed E-state index contributed by atoms with van der Waals surface area (Å²) in [6, 6.07) is 14.3. The zero-order valence-electron chi connectivity index (χ0n) is 21.3. The van der Waals surface area contributed by atoms with Crippen LogP contribution in [0.15, 0.2) is 42.5 Å². The van der Waals surface area contributed by atoms with Crippen LogP contribution in [0, 0.1) is 18.3 Å². The molecule has 1 aliphatic heterocycles. The van der Waals surface area contributed by atoms with Gasteiger partial charge in [0, 0.05) is 24.4 Å². The van der Waals surface area contributed by atoms with Gasteiger partial charge in [0.1, 0.15) is 35.9 Å². The van der Waals surface area contributed by atoms with Gasteiger partial charge >= 0.3 is 0 Å². The number of hydrogen-bond acceptors (Lipinski definition) is 5. The van der Waals surface area contributed by atoms with Crippen LogP contribution in [-0.4, -0.2) is 32.0 Å². The maximum atomic E-state index is 6.59. The smallest absolute Gasteiger partial charge is 0.132 e. The molecule has 2 unspecified atom stereocenters. The standard InChI is InChI=1S/C30H39NO4/c1-5-18-34-29-28(33-19-17-22-9-7-6-8-10-22)26-20-24(13-16-27(26)35-30(29,2)3)31-21-23-11-14-25(32-4)15-12-23/h1,11-16,20,22,28-29,31H,6-10,17-19,21H2,2-4H3. The largest absolute Gasteiger partial charge is 0.497 e. The molecule has 4 rings (SSSR count). The van der Waals surface area contributed by atoms with Gasteiger partial charge in [0.15, 0.2) is 0 Å². The quantitative estimate of drug-likeness (QED) is 0.395. The lowest BCUT2D eigenvalue weighted by atomic mass is 9.86. The Balaban J connectivity index is 1.51. The highest BCUT2D eigenvalue weighted by Crippen LogP contribution is 2.44. The molecular weight excluding hydrogens is 438 g/mol. The van der Waals surface area contributed by atoms with Crippen LogP contribution in [0.25, 0.3) is 0 Å². The molecule has 2 atom stereocenters. The fourth-order valence-corrected chi connectivity index (χ4v) is 5.23. The van der Waals surface area contributed by atoms with Crippen molar-refractivity contribution in [1.82, 2.24) is 0 Å². The van der Waals surface area contributed by atoms with Crippen LogP contribution in [0.4, 0.5) is 5.69 Å². The number of fused-ring (bicyclic) bond motifs is 1. The van der Waals surface area contributed by atoms with Gasteiger partial charge in [0.2, 0.25) is 0 Å². The van der Waals surface area contributed by atoms with Crippen LogP contribution >= 0.6 is 0 Å². The second-order valence-corrected chi connectivity index (χ2v) is 10.2. The molecule has 0 aromatic heterocycles. The Morgan fingerprint density at radius 1 is 1.06 bits per heavy atom. The molecule has 0 amide bonds. The second-order valence-electron chi connectivity index (χ2n) is 10.2. The fourth-order valence-electron chi connectivity index (χ4n) is 5.23. The van der Waals surface area contributed by atoms with E-state index in [2.05, 4.69) is 35.5 Å². The maximum absolute atomic E-state index is 6.59. The number of rotatable bonds is 10. The van der Waals surface area contributed by atoms with E-state index in [0.29, 0.717) is 13.2 Å². The molecule has 0 radical (unpaired) electrons. The normalized spacial score (nSPS) is 21.4. The van der Waals surface area contributed by atoms with Crippen LogP contribution in [-0.2, 0) is 16.0 Å². The van der Waals surface area contributed by atoms with Crippen molar-refractivity contribution in [3.05, 3.63) is 53.6 Å². The SMILES string of the molecule is C#CCOC1C(OCCC2CCCCC2)c2cc(NCc3ccc(OC)cc3)ccc2OC1(C)C. The first kappa shape index (κ1) is 25.4. The first-order chi connectivity index (χ1) is 17.0. The number of anilines is 1. The molecule has 2 aromatic carbocycles. The van der Waals surface area contributed by atoms with E-state index in [1.54, 1.807) is 7.11 Å². The lowest BCUT2D eigenvalue weighted by Crippen LogP contribution is -2.51. The summed E-state index contributed by atoms with van der Waals surface area (Å²) in [5.41, 5.74) is 2.64. The van der Waals surface area contributed by atoms with Crippen molar-refractivity contribution in [3.63, 3.8) is 0 Å². The van der Waals surface area contributed by atoms with E-state index in [1.807, 2.05) is 32.0 Å². The van der Waals surface area contributed by atoms with Crippen LogP contribution in [0.1, 0.15) is 69.6 Å². The summed E-state index contributed by atoms with van der Waals surface area (Å²) in [4.78, 5) is 0. The van der Waals surface area contributed by atoms with Crippen molar-refractivity contribution in [2.75, 3.05) is 25.6 Å². The van der Waals surface area contributed by atoms with Crippen LogP contribution < -0.4 is 14.8 Å². The lowest BCUT2D eigenvalue weighted by Gasteiger charge is -2.44. The molecule has 2 aromatic rings. The van der Waals surface area contributed by atoms with Gasteiger partial charge < -0.3 is 24.3 Å². The third-order valence-electron chi connectivity index (χ3n) is 7.20. The monoisotopic (exact) mass is 477 g/mol. The summed E-state index contributed by atoms with van der Waals surface area (Å²) in [7, 11) is 1.68. The first-order valence-corrected chi connectivity index (χ1v) is 12.9. The highest BCUT2D eigenvalue weighted by molar-refractivity contribution is 5.54. The Morgan fingerprint density at radius 2 is 1.83 bits per heavy atom. The molecule has 0 saturated heterocycles. The number of methoxy groups -OCH3 is 1. The molecule has 1 saturated carbocycles. The first-order valence-electron chi connectivity index (χ1n) is 12.9. The summed E-state index contributed by atoms with van der Waals surface area (Å²) in [6.07, 6.45) is 12.8. The summed E-state index contributed by atoms with van der Waals surface area (Å²) in [6.45, 7) is 5.74. The highest BCUT2D eigenvalue weighted by Gasteiger charge is 2.45.